The highest BCUT2D eigenvalue weighted by Gasteiger charge is 2.45. The van der Waals surface area contributed by atoms with E-state index in [1.807, 2.05) is 65.0 Å². The molecule has 1 amide bonds. The normalized spacial score (nSPS) is 19.3. The number of hydrogen-bond acceptors (Lipinski definition) is 7. The fourth-order valence-electron chi connectivity index (χ4n) is 2.82. The molecule has 7 nitrogen and oxygen atoms in total. The summed E-state index contributed by atoms with van der Waals surface area (Å²) in [6, 6.07) is 9.46. The van der Waals surface area contributed by atoms with E-state index in [0.717, 1.165) is 5.56 Å². The van der Waals surface area contributed by atoms with E-state index in [1.165, 1.54) is 11.8 Å². The summed E-state index contributed by atoms with van der Waals surface area (Å²) in [5.74, 6) is 1.05. The molecule has 0 bridgehead atoms. The number of carbonyl (C=O) groups excluding carboxylic acids is 1. The zero-order valence-electron chi connectivity index (χ0n) is 16.3. The third-order valence-corrected chi connectivity index (χ3v) is 4.95. The van der Waals surface area contributed by atoms with Crippen LogP contribution in [0.15, 0.2) is 40.0 Å². The molecule has 1 aromatic carbocycles. The molecule has 1 fully saturated rings. The standard InChI is InChI=1S/C19H25N3O4S/c1-18(2,3)26-17(23)22-14(11-24-19(22,4)5)12-27-16-21-20-15(25-16)13-9-7-6-8-10-13/h6-10,14H,11-12H2,1-5H3/t14-/m0/s1. The van der Waals surface area contributed by atoms with E-state index < -0.39 is 11.3 Å². The number of ether oxygens (including phenoxy) is 2. The van der Waals surface area contributed by atoms with Crippen LogP contribution in [-0.2, 0) is 9.47 Å². The van der Waals surface area contributed by atoms with Crippen molar-refractivity contribution >= 4 is 17.9 Å². The van der Waals surface area contributed by atoms with Gasteiger partial charge in [0.2, 0.25) is 5.89 Å². The van der Waals surface area contributed by atoms with Gasteiger partial charge in [0.15, 0.2) is 0 Å². The Balaban J connectivity index is 1.66. The molecule has 1 aliphatic heterocycles. The number of carbonyl (C=O) groups is 1. The van der Waals surface area contributed by atoms with Crippen LogP contribution in [0.5, 0.6) is 0 Å². The monoisotopic (exact) mass is 391 g/mol. The van der Waals surface area contributed by atoms with Crippen molar-refractivity contribution in [2.45, 2.75) is 57.2 Å². The van der Waals surface area contributed by atoms with E-state index in [-0.39, 0.29) is 12.1 Å². The quantitative estimate of drug-likeness (QED) is 0.723. The SMILES string of the molecule is CC(C)(C)OC(=O)N1[C@H](CSc2nnc(-c3ccccc3)o2)COC1(C)C. The van der Waals surface area contributed by atoms with E-state index in [9.17, 15) is 4.79 Å². The van der Waals surface area contributed by atoms with Crippen molar-refractivity contribution in [2.24, 2.45) is 0 Å². The first-order valence-corrected chi connectivity index (χ1v) is 9.82. The summed E-state index contributed by atoms with van der Waals surface area (Å²) in [7, 11) is 0. The highest BCUT2D eigenvalue weighted by atomic mass is 32.2. The van der Waals surface area contributed by atoms with E-state index in [2.05, 4.69) is 10.2 Å². The molecule has 0 radical (unpaired) electrons. The molecule has 1 aliphatic rings. The minimum Gasteiger partial charge on any atom is -0.444 e. The van der Waals surface area contributed by atoms with E-state index in [4.69, 9.17) is 13.9 Å². The summed E-state index contributed by atoms with van der Waals surface area (Å²) >= 11 is 1.40. The van der Waals surface area contributed by atoms with Crippen molar-refractivity contribution in [1.29, 1.82) is 0 Å². The summed E-state index contributed by atoms with van der Waals surface area (Å²) < 4.78 is 17.1. The maximum Gasteiger partial charge on any atom is 0.412 e. The van der Waals surface area contributed by atoms with Crippen LogP contribution in [0.4, 0.5) is 4.79 Å². The fraction of sp³-hybridized carbons (Fsp3) is 0.526. The van der Waals surface area contributed by atoms with Crippen LogP contribution in [0.1, 0.15) is 34.6 Å². The molecule has 8 heteroatoms. The summed E-state index contributed by atoms with van der Waals surface area (Å²) in [6.07, 6.45) is -0.383. The average molecular weight is 391 g/mol. The smallest absolute Gasteiger partial charge is 0.412 e. The van der Waals surface area contributed by atoms with Gasteiger partial charge in [-0.25, -0.2) is 4.79 Å². The van der Waals surface area contributed by atoms with Crippen molar-refractivity contribution in [1.82, 2.24) is 15.1 Å². The largest absolute Gasteiger partial charge is 0.444 e. The molecule has 0 unspecified atom stereocenters. The van der Waals surface area contributed by atoms with Crippen molar-refractivity contribution < 1.29 is 18.7 Å². The van der Waals surface area contributed by atoms with Gasteiger partial charge in [-0.05, 0) is 46.8 Å². The van der Waals surface area contributed by atoms with E-state index >= 15 is 0 Å². The first-order valence-electron chi connectivity index (χ1n) is 8.84. The van der Waals surface area contributed by atoms with Crippen LogP contribution in [0.2, 0.25) is 0 Å². The number of nitrogens with zero attached hydrogens (tertiary/aromatic N) is 3. The zero-order chi connectivity index (χ0) is 19.7. The lowest BCUT2D eigenvalue weighted by molar-refractivity contribution is -0.0617. The summed E-state index contributed by atoms with van der Waals surface area (Å²) in [5.41, 5.74) is -0.417. The number of hydrogen-bond donors (Lipinski definition) is 0. The van der Waals surface area contributed by atoms with Gasteiger partial charge in [0.1, 0.15) is 11.3 Å². The lowest BCUT2D eigenvalue weighted by Crippen LogP contribution is -2.50. The van der Waals surface area contributed by atoms with Crippen LogP contribution < -0.4 is 0 Å². The van der Waals surface area contributed by atoms with Gasteiger partial charge in [0, 0.05) is 11.3 Å². The second kappa shape index (κ2) is 7.52. The summed E-state index contributed by atoms with van der Waals surface area (Å²) in [4.78, 5) is 14.3. The van der Waals surface area contributed by atoms with E-state index in [0.29, 0.717) is 23.5 Å². The maximum atomic E-state index is 12.7. The topological polar surface area (TPSA) is 77.7 Å². The molecular formula is C19H25N3O4S. The van der Waals surface area contributed by atoms with Gasteiger partial charge in [-0.1, -0.05) is 30.0 Å². The third kappa shape index (κ3) is 4.81. The lowest BCUT2D eigenvalue weighted by atomic mass is 10.2. The molecule has 146 valence electrons. The van der Waals surface area contributed by atoms with Gasteiger partial charge in [-0.15, -0.1) is 10.2 Å². The molecule has 0 spiro atoms. The molecule has 1 aromatic heterocycles. The number of thioether (sulfide) groups is 1. The summed E-state index contributed by atoms with van der Waals surface area (Å²) in [5, 5.41) is 8.64. The molecule has 1 saturated heterocycles. The number of aromatic nitrogens is 2. The molecule has 0 aliphatic carbocycles. The number of benzene rings is 1. The Kier molecular flexibility index (Phi) is 5.48. The Morgan fingerprint density at radius 2 is 2.00 bits per heavy atom. The summed E-state index contributed by atoms with van der Waals surface area (Å²) in [6.45, 7) is 9.70. The second-order valence-electron chi connectivity index (χ2n) is 7.81. The Labute approximate surface area is 163 Å². The minimum atomic E-state index is -0.725. The first-order chi connectivity index (χ1) is 12.7. The highest BCUT2D eigenvalue weighted by Crippen LogP contribution is 2.32. The van der Waals surface area contributed by atoms with Crippen molar-refractivity contribution in [3.63, 3.8) is 0 Å². The van der Waals surface area contributed by atoms with E-state index in [1.54, 1.807) is 4.90 Å². The van der Waals surface area contributed by atoms with Crippen molar-refractivity contribution in [2.75, 3.05) is 12.4 Å². The minimum absolute atomic E-state index is 0.146. The van der Waals surface area contributed by atoms with Crippen molar-refractivity contribution in [3.05, 3.63) is 30.3 Å². The molecule has 2 aromatic rings. The fourth-order valence-corrected chi connectivity index (χ4v) is 3.64. The predicted molar refractivity (Wildman–Crippen MR) is 102 cm³/mol. The molecule has 1 atom stereocenters. The van der Waals surface area contributed by atoms with Crippen LogP contribution in [0.3, 0.4) is 0 Å². The van der Waals surface area contributed by atoms with Crippen LogP contribution in [0.25, 0.3) is 11.5 Å². The van der Waals surface area contributed by atoms with Gasteiger partial charge >= 0.3 is 6.09 Å². The Hall–Kier alpha value is -2.06. The molecule has 27 heavy (non-hydrogen) atoms. The Morgan fingerprint density at radius 3 is 2.67 bits per heavy atom. The second-order valence-corrected chi connectivity index (χ2v) is 8.78. The van der Waals surface area contributed by atoms with Crippen LogP contribution >= 0.6 is 11.8 Å². The molecule has 0 saturated carbocycles. The average Bonchev–Trinajstić information content (AvgIpc) is 3.16. The van der Waals surface area contributed by atoms with Gasteiger partial charge in [0.05, 0.1) is 12.6 Å². The van der Waals surface area contributed by atoms with Crippen molar-refractivity contribution in [3.8, 4) is 11.5 Å². The Bertz CT molecular complexity index is 786. The predicted octanol–water partition coefficient (Wildman–Crippen LogP) is 4.20. The number of amides is 1. The van der Waals surface area contributed by atoms with Gasteiger partial charge in [-0.3, -0.25) is 4.90 Å². The van der Waals surface area contributed by atoms with Gasteiger partial charge < -0.3 is 13.9 Å². The van der Waals surface area contributed by atoms with Crippen LogP contribution in [0, 0.1) is 0 Å². The highest BCUT2D eigenvalue weighted by molar-refractivity contribution is 7.99. The van der Waals surface area contributed by atoms with Crippen LogP contribution in [-0.4, -0.2) is 50.9 Å². The number of rotatable bonds is 4. The third-order valence-electron chi connectivity index (χ3n) is 3.99. The van der Waals surface area contributed by atoms with Gasteiger partial charge in [-0.2, -0.15) is 0 Å². The zero-order valence-corrected chi connectivity index (χ0v) is 17.1. The molecule has 0 N–H and O–H groups in total. The maximum absolute atomic E-state index is 12.7. The molecule has 3 rings (SSSR count). The molecule has 2 heterocycles. The molecular weight excluding hydrogens is 366 g/mol. The lowest BCUT2D eigenvalue weighted by Gasteiger charge is -2.34. The van der Waals surface area contributed by atoms with Gasteiger partial charge in [0.25, 0.3) is 5.22 Å². The Morgan fingerprint density at radius 1 is 1.30 bits per heavy atom. The first kappa shape index (κ1) is 19.7.